The second-order valence-electron chi connectivity index (χ2n) is 4.90. The van der Waals surface area contributed by atoms with Crippen LogP contribution in [0.25, 0.3) is 5.57 Å². The number of benzene rings is 2. The Kier molecular flexibility index (Phi) is 4.83. The average Bonchev–Trinajstić information content (AvgIpc) is 2.53. The van der Waals surface area contributed by atoms with Gasteiger partial charge in [0, 0.05) is 12.2 Å². The summed E-state index contributed by atoms with van der Waals surface area (Å²) in [7, 11) is 1.67. The molecule has 2 aromatic carbocycles. The van der Waals surface area contributed by atoms with Crippen LogP contribution in [0.4, 0.5) is 5.69 Å². The second-order valence-corrected chi connectivity index (χ2v) is 4.90. The summed E-state index contributed by atoms with van der Waals surface area (Å²) in [5.74, 6) is 1.25. The van der Waals surface area contributed by atoms with Crippen molar-refractivity contribution < 1.29 is 4.74 Å². The van der Waals surface area contributed by atoms with E-state index < -0.39 is 0 Å². The van der Waals surface area contributed by atoms with Gasteiger partial charge in [0.1, 0.15) is 5.75 Å². The number of hydrogen-bond acceptors (Lipinski definition) is 2. The third-order valence-electron chi connectivity index (χ3n) is 3.44. The Labute approximate surface area is 121 Å². The Bertz CT molecular complexity index is 545. The zero-order valence-electron chi connectivity index (χ0n) is 12.1. The molecule has 0 aliphatic heterocycles. The summed E-state index contributed by atoms with van der Waals surface area (Å²) in [5, 5.41) is 3.43. The Morgan fingerprint density at radius 2 is 1.75 bits per heavy atom. The number of methoxy groups -OCH3 is 1. The molecule has 0 amide bonds. The summed E-state index contributed by atoms with van der Waals surface area (Å²) in [6, 6.07) is 18.3. The molecule has 0 aromatic heterocycles. The van der Waals surface area contributed by atoms with Crippen LogP contribution in [0, 0.1) is 5.92 Å². The molecule has 0 bridgehead atoms. The summed E-state index contributed by atoms with van der Waals surface area (Å²) >= 11 is 0. The molecule has 0 aliphatic rings. The van der Waals surface area contributed by atoms with E-state index in [1.54, 1.807) is 7.11 Å². The van der Waals surface area contributed by atoms with Gasteiger partial charge in [-0.05, 0) is 41.3 Å². The first-order valence-corrected chi connectivity index (χ1v) is 6.83. The van der Waals surface area contributed by atoms with Crippen molar-refractivity contribution in [3.63, 3.8) is 0 Å². The van der Waals surface area contributed by atoms with Gasteiger partial charge in [-0.2, -0.15) is 0 Å². The van der Waals surface area contributed by atoms with Crippen molar-refractivity contribution in [1.82, 2.24) is 0 Å². The van der Waals surface area contributed by atoms with Crippen molar-refractivity contribution in [2.24, 2.45) is 5.92 Å². The van der Waals surface area contributed by atoms with Crippen molar-refractivity contribution in [2.45, 2.75) is 6.92 Å². The van der Waals surface area contributed by atoms with Gasteiger partial charge in [0.2, 0.25) is 0 Å². The van der Waals surface area contributed by atoms with E-state index in [-0.39, 0.29) is 0 Å². The topological polar surface area (TPSA) is 21.3 Å². The Hall–Kier alpha value is -2.22. The first kappa shape index (κ1) is 14.2. The van der Waals surface area contributed by atoms with Crippen LogP contribution in [0.15, 0.2) is 61.2 Å². The highest BCUT2D eigenvalue weighted by molar-refractivity contribution is 5.65. The molecule has 0 heterocycles. The lowest BCUT2D eigenvalue weighted by molar-refractivity contribution is 0.415. The van der Waals surface area contributed by atoms with Crippen LogP contribution in [-0.4, -0.2) is 13.7 Å². The molecule has 1 N–H and O–H groups in total. The molecule has 1 unspecified atom stereocenters. The summed E-state index contributed by atoms with van der Waals surface area (Å²) in [5.41, 5.74) is 3.46. The van der Waals surface area contributed by atoms with Crippen molar-refractivity contribution in [3.05, 3.63) is 66.7 Å². The molecule has 2 nitrogen and oxygen atoms in total. The lowest BCUT2D eigenvalue weighted by Gasteiger charge is -2.17. The van der Waals surface area contributed by atoms with Gasteiger partial charge >= 0.3 is 0 Å². The number of rotatable bonds is 6. The van der Waals surface area contributed by atoms with E-state index in [1.807, 2.05) is 42.5 Å². The highest BCUT2D eigenvalue weighted by Gasteiger charge is 2.08. The fourth-order valence-corrected chi connectivity index (χ4v) is 2.04. The SMILES string of the molecule is C=C(c1ccccc1)C(C)CNc1ccc(OC)cc1. The number of anilines is 1. The zero-order chi connectivity index (χ0) is 14.4. The first-order chi connectivity index (χ1) is 9.70. The molecule has 0 radical (unpaired) electrons. The van der Waals surface area contributed by atoms with Gasteiger partial charge in [-0.15, -0.1) is 0 Å². The van der Waals surface area contributed by atoms with E-state index in [1.165, 1.54) is 5.56 Å². The van der Waals surface area contributed by atoms with E-state index >= 15 is 0 Å². The third kappa shape index (κ3) is 3.64. The predicted molar refractivity (Wildman–Crippen MR) is 86.1 cm³/mol. The molecule has 0 aliphatic carbocycles. The van der Waals surface area contributed by atoms with Gasteiger partial charge in [0.05, 0.1) is 7.11 Å². The minimum Gasteiger partial charge on any atom is -0.497 e. The Balaban J connectivity index is 1.91. The minimum atomic E-state index is 0.375. The molecular weight excluding hydrogens is 246 g/mol. The molecule has 104 valence electrons. The molecule has 0 spiro atoms. The molecule has 0 saturated heterocycles. The summed E-state index contributed by atoms with van der Waals surface area (Å²) < 4.78 is 5.15. The van der Waals surface area contributed by atoms with Crippen molar-refractivity contribution in [3.8, 4) is 5.75 Å². The van der Waals surface area contributed by atoms with Gasteiger partial charge in [-0.25, -0.2) is 0 Å². The molecule has 0 saturated carbocycles. The number of ether oxygens (including phenoxy) is 1. The van der Waals surface area contributed by atoms with E-state index in [2.05, 4.69) is 31.0 Å². The van der Waals surface area contributed by atoms with Gasteiger partial charge in [0.25, 0.3) is 0 Å². The highest BCUT2D eigenvalue weighted by atomic mass is 16.5. The van der Waals surface area contributed by atoms with Crippen molar-refractivity contribution in [2.75, 3.05) is 19.0 Å². The average molecular weight is 267 g/mol. The van der Waals surface area contributed by atoms with Crippen LogP contribution < -0.4 is 10.1 Å². The van der Waals surface area contributed by atoms with Gasteiger partial charge < -0.3 is 10.1 Å². The Morgan fingerprint density at radius 1 is 1.10 bits per heavy atom. The fourth-order valence-electron chi connectivity index (χ4n) is 2.04. The summed E-state index contributed by atoms with van der Waals surface area (Å²) in [6.45, 7) is 7.25. The quantitative estimate of drug-likeness (QED) is 0.834. The van der Waals surface area contributed by atoms with Crippen LogP contribution in [0.1, 0.15) is 12.5 Å². The van der Waals surface area contributed by atoms with Gasteiger partial charge in [0.15, 0.2) is 0 Å². The number of hydrogen-bond donors (Lipinski definition) is 1. The largest absolute Gasteiger partial charge is 0.497 e. The van der Waals surface area contributed by atoms with E-state index in [4.69, 9.17) is 4.74 Å². The molecule has 0 fully saturated rings. The number of nitrogens with one attached hydrogen (secondary N) is 1. The van der Waals surface area contributed by atoms with Crippen LogP contribution in [0.3, 0.4) is 0 Å². The molecule has 2 heteroatoms. The molecule has 2 aromatic rings. The van der Waals surface area contributed by atoms with Crippen LogP contribution in [-0.2, 0) is 0 Å². The lowest BCUT2D eigenvalue weighted by atomic mass is 9.95. The van der Waals surface area contributed by atoms with Crippen molar-refractivity contribution in [1.29, 1.82) is 0 Å². The fraction of sp³-hybridized carbons (Fsp3) is 0.222. The molecule has 20 heavy (non-hydrogen) atoms. The normalized spacial score (nSPS) is 11.7. The van der Waals surface area contributed by atoms with Gasteiger partial charge in [-0.3, -0.25) is 0 Å². The lowest BCUT2D eigenvalue weighted by Crippen LogP contribution is -2.12. The third-order valence-corrected chi connectivity index (χ3v) is 3.44. The van der Waals surface area contributed by atoms with Crippen LogP contribution in [0.2, 0.25) is 0 Å². The maximum Gasteiger partial charge on any atom is 0.119 e. The summed E-state index contributed by atoms with van der Waals surface area (Å²) in [4.78, 5) is 0. The Morgan fingerprint density at radius 3 is 2.35 bits per heavy atom. The maximum atomic E-state index is 5.15. The minimum absolute atomic E-state index is 0.375. The van der Waals surface area contributed by atoms with E-state index in [9.17, 15) is 0 Å². The van der Waals surface area contributed by atoms with Crippen molar-refractivity contribution >= 4 is 11.3 Å². The smallest absolute Gasteiger partial charge is 0.119 e. The molecular formula is C18H21NO. The zero-order valence-corrected chi connectivity index (χ0v) is 12.1. The van der Waals surface area contributed by atoms with E-state index in [0.29, 0.717) is 5.92 Å². The maximum absolute atomic E-state index is 5.15. The van der Waals surface area contributed by atoms with Crippen LogP contribution >= 0.6 is 0 Å². The van der Waals surface area contributed by atoms with Gasteiger partial charge in [-0.1, -0.05) is 43.8 Å². The molecule has 2 rings (SSSR count). The monoisotopic (exact) mass is 267 g/mol. The van der Waals surface area contributed by atoms with E-state index in [0.717, 1.165) is 23.6 Å². The second kappa shape index (κ2) is 6.80. The summed E-state index contributed by atoms with van der Waals surface area (Å²) in [6.07, 6.45) is 0. The highest BCUT2D eigenvalue weighted by Crippen LogP contribution is 2.22. The first-order valence-electron chi connectivity index (χ1n) is 6.83. The predicted octanol–water partition coefficient (Wildman–Crippen LogP) is 4.46. The molecule has 1 atom stereocenters. The van der Waals surface area contributed by atoms with Crippen LogP contribution in [0.5, 0.6) is 5.75 Å². The standard InChI is InChI=1S/C18H21NO/c1-14(15(2)16-7-5-4-6-8-16)13-19-17-9-11-18(20-3)12-10-17/h4-12,14,19H,2,13H2,1,3H3.